The van der Waals surface area contributed by atoms with Gasteiger partial charge in [-0.25, -0.2) is 4.68 Å². The largest absolute Gasteiger partial charge is 0.249 e. The summed E-state index contributed by atoms with van der Waals surface area (Å²) in [7, 11) is 0. The molecule has 0 unspecified atom stereocenters. The molecule has 4 heteroatoms. The standard InChI is InChI=1S/C13H12BrClN2/c14-11-4-2-1-3-10(11)8-17-13(15)7-12(16-17)9-5-6-9/h1-4,7,9H,5-6,8H2. The minimum absolute atomic E-state index is 0.646. The molecule has 0 bridgehead atoms. The molecule has 1 aliphatic rings. The second-order valence-corrected chi connectivity index (χ2v) is 5.66. The van der Waals surface area contributed by atoms with Crippen molar-refractivity contribution in [1.82, 2.24) is 9.78 Å². The average Bonchev–Trinajstić information content (AvgIpc) is 3.09. The molecule has 1 saturated carbocycles. The quantitative estimate of drug-likeness (QED) is 0.829. The Kier molecular flexibility index (Phi) is 2.97. The van der Waals surface area contributed by atoms with Gasteiger partial charge in [-0.15, -0.1) is 0 Å². The Morgan fingerprint density at radius 1 is 1.35 bits per heavy atom. The van der Waals surface area contributed by atoms with Crippen molar-refractivity contribution in [3.05, 3.63) is 51.2 Å². The Balaban J connectivity index is 1.87. The fourth-order valence-corrected chi connectivity index (χ4v) is 2.51. The van der Waals surface area contributed by atoms with Gasteiger partial charge in [0.1, 0.15) is 5.15 Å². The SMILES string of the molecule is Clc1cc(C2CC2)nn1Cc1ccccc1Br. The summed E-state index contributed by atoms with van der Waals surface area (Å²) in [6, 6.07) is 10.1. The van der Waals surface area contributed by atoms with Gasteiger partial charge in [-0.05, 0) is 30.5 Å². The first-order valence-electron chi connectivity index (χ1n) is 5.70. The molecular formula is C13H12BrClN2. The molecule has 1 aromatic heterocycles. The highest BCUT2D eigenvalue weighted by Gasteiger charge is 2.27. The predicted octanol–water partition coefficient (Wildman–Crippen LogP) is 4.22. The van der Waals surface area contributed by atoms with Crippen LogP contribution < -0.4 is 0 Å². The van der Waals surface area contributed by atoms with E-state index in [4.69, 9.17) is 11.6 Å². The number of nitrogens with zero attached hydrogens (tertiary/aromatic N) is 2. The van der Waals surface area contributed by atoms with E-state index in [0.29, 0.717) is 12.5 Å². The lowest BCUT2D eigenvalue weighted by atomic mass is 10.2. The lowest BCUT2D eigenvalue weighted by Gasteiger charge is -2.05. The van der Waals surface area contributed by atoms with Gasteiger partial charge < -0.3 is 0 Å². The number of halogens is 2. The van der Waals surface area contributed by atoms with E-state index < -0.39 is 0 Å². The van der Waals surface area contributed by atoms with Crippen LogP contribution in [0.3, 0.4) is 0 Å². The topological polar surface area (TPSA) is 17.8 Å². The van der Waals surface area contributed by atoms with Gasteiger partial charge in [-0.3, -0.25) is 0 Å². The van der Waals surface area contributed by atoms with Gasteiger partial charge in [0.15, 0.2) is 0 Å². The van der Waals surface area contributed by atoms with Gasteiger partial charge in [0.2, 0.25) is 0 Å². The zero-order valence-corrected chi connectivity index (χ0v) is 11.6. The van der Waals surface area contributed by atoms with E-state index >= 15 is 0 Å². The number of hydrogen-bond donors (Lipinski definition) is 0. The number of hydrogen-bond acceptors (Lipinski definition) is 1. The summed E-state index contributed by atoms with van der Waals surface area (Å²) in [5.41, 5.74) is 2.34. The molecule has 1 fully saturated rings. The molecule has 1 aromatic carbocycles. The molecule has 0 amide bonds. The van der Waals surface area contributed by atoms with Gasteiger partial charge in [0.05, 0.1) is 12.2 Å². The highest BCUT2D eigenvalue weighted by Crippen LogP contribution is 2.40. The van der Waals surface area contributed by atoms with Crippen molar-refractivity contribution in [2.75, 3.05) is 0 Å². The average molecular weight is 312 g/mol. The van der Waals surface area contributed by atoms with Crippen LogP contribution in [0.4, 0.5) is 0 Å². The number of benzene rings is 1. The van der Waals surface area contributed by atoms with Crippen molar-refractivity contribution in [1.29, 1.82) is 0 Å². The van der Waals surface area contributed by atoms with Gasteiger partial charge in [0, 0.05) is 10.4 Å². The van der Waals surface area contributed by atoms with E-state index in [2.05, 4.69) is 27.1 Å². The molecule has 2 nitrogen and oxygen atoms in total. The molecule has 2 aromatic rings. The van der Waals surface area contributed by atoms with E-state index in [1.54, 1.807) is 0 Å². The highest BCUT2D eigenvalue weighted by atomic mass is 79.9. The summed E-state index contributed by atoms with van der Waals surface area (Å²) < 4.78 is 2.97. The van der Waals surface area contributed by atoms with Crippen LogP contribution >= 0.6 is 27.5 Å². The maximum Gasteiger partial charge on any atom is 0.127 e. The first-order valence-corrected chi connectivity index (χ1v) is 6.88. The van der Waals surface area contributed by atoms with Gasteiger partial charge in [-0.2, -0.15) is 5.10 Å². The zero-order valence-electron chi connectivity index (χ0n) is 9.24. The molecule has 0 N–H and O–H groups in total. The van der Waals surface area contributed by atoms with Gasteiger partial charge in [-0.1, -0.05) is 45.7 Å². The van der Waals surface area contributed by atoms with Crippen LogP contribution in [-0.4, -0.2) is 9.78 Å². The van der Waals surface area contributed by atoms with E-state index in [-0.39, 0.29) is 0 Å². The summed E-state index contributed by atoms with van der Waals surface area (Å²) in [4.78, 5) is 0. The van der Waals surface area contributed by atoms with Crippen molar-refractivity contribution in [2.45, 2.75) is 25.3 Å². The third-order valence-electron chi connectivity index (χ3n) is 3.02. The second kappa shape index (κ2) is 4.46. The molecule has 3 rings (SSSR count). The van der Waals surface area contributed by atoms with E-state index in [1.807, 2.05) is 28.9 Å². The third-order valence-corrected chi connectivity index (χ3v) is 4.10. The van der Waals surface area contributed by atoms with Crippen LogP contribution in [0, 0.1) is 0 Å². The Hall–Kier alpha value is -0.800. The molecular weight excluding hydrogens is 300 g/mol. The molecule has 0 aliphatic heterocycles. The molecule has 88 valence electrons. The maximum absolute atomic E-state index is 6.20. The molecule has 0 atom stereocenters. The monoisotopic (exact) mass is 310 g/mol. The zero-order chi connectivity index (χ0) is 11.8. The van der Waals surface area contributed by atoms with Crippen molar-refractivity contribution >= 4 is 27.5 Å². The Bertz CT molecular complexity index is 546. The highest BCUT2D eigenvalue weighted by molar-refractivity contribution is 9.10. The summed E-state index contributed by atoms with van der Waals surface area (Å²) in [5.74, 6) is 0.646. The lowest BCUT2D eigenvalue weighted by Crippen LogP contribution is -2.03. The minimum Gasteiger partial charge on any atom is -0.249 e. The van der Waals surface area contributed by atoms with Gasteiger partial charge >= 0.3 is 0 Å². The summed E-state index contributed by atoms with van der Waals surface area (Å²) in [5, 5.41) is 5.30. The normalized spacial score (nSPS) is 15.2. The van der Waals surface area contributed by atoms with Crippen LogP contribution in [0.2, 0.25) is 5.15 Å². The summed E-state index contributed by atoms with van der Waals surface area (Å²) >= 11 is 9.75. The second-order valence-electron chi connectivity index (χ2n) is 4.42. The van der Waals surface area contributed by atoms with Crippen molar-refractivity contribution in [3.8, 4) is 0 Å². The molecule has 1 heterocycles. The van der Waals surface area contributed by atoms with Gasteiger partial charge in [0.25, 0.3) is 0 Å². The molecule has 0 spiro atoms. The molecule has 1 aliphatic carbocycles. The van der Waals surface area contributed by atoms with Crippen LogP contribution in [0.5, 0.6) is 0 Å². The van der Waals surface area contributed by atoms with E-state index in [0.717, 1.165) is 15.3 Å². The van der Waals surface area contributed by atoms with Crippen LogP contribution in [0.15, 0.2) is 34.8 Å². The summed E-state index contributed by atoms with van der Waals surface area (Å²) in [6.07, 6.45) is 2.50. The maximum atomic E-state index is 6.20. The Labute approximate surface area is 114 Å². The van der Waals surface area contributed by atoms with E-state index in [1.165, 1.54) is 18.4 Å². The first-order chi connectivity index (χ1) is 8.24. The minimum atomic E-state index is 0.646. The molecule has 0 saturated heterocycles. The molecule has 17 heavy (non-hydrogen) atoms. The molecule has 0 radical (unpaired) electrons. The number of rotatable bonds is 3. The van der Waals surface area contributed by atoms with Crippen LogP contribution in [-0.2, 0) is 6.54 Å². The fraction of sp³-hybridized carbons (Fsp3) is 0.308. The first kappa shape index (κ1) is 11.3. The lowest BCUT2D eigenvalue weighted by molar-refractivity contribution is 0.671. The van der Waals surface area contributed by atoms with Crippen molar-refractivity contribution < 1.29 is 0 Å². The Morgan fingerprint density at radius 3 is 2.82 bits per heavy atom. The van der Waals surface area contributed by atoms with Crippen molar-refractivity contribution in [3.63, 3.8) is 0 Å². The number of aromatic nitrogens is 2. The van der Waals surface area contributed by atoms with Crippen molar-refractivity contribution in [2.24, 2.45) is 0 Å². The summed E-state index contributed by atoms with van der Waals surface area (Å²) in [6.45, 7) is 0.715. The predicted molar refractivity (Wildman–Crippen MR) is 72.5 cm³/mol. The third kappa shape index (κ3) is 2.40. The smallest absolute Gasteiger partial charge is 0.127 e. The van der Waals surface area contributed by atoms with E-state index in [9.17, 15) is 0 Å². The fourth-order valence-electron chi connectivity index (χ4n) is 1.89. The Morgan fingerprint density at radius 2 is 2.12 bits per heavy atom. The van der Waals surface area contributed by atoms with Crippen LogP contribution in [0.25, 0.3) is 0 Å². The van der Waals surface area contributed by atoms with Crippen LogP contribution in [0.1, 0.15) is 30.0 Å².